The van der Waals surface area contributed by atoms with Crippen molar-refractivity contribution >= 4 is 29.6 Å². The highest BCUT2D eigenvalue weighted by Gasteiger charge is 2.31. The van der Waals surface area contributed by atoms with Gasteiger partial charge in [-0.25, -0.2) is 4.99 Å². The number of aliphatic imine (C=N–C) groups is 3. The van der Waals surface area contributed by atoms with Gasteiger partial charge in [-0.3, -0.25) is 19.9 Å². The van der Waals surface area contributed by atoms with Gasteiger partial charge in [-0.1, -0.05) is 6.42 Å². The molecule has 0 aromatic rings. The number of amidine groups is 1. The molecule has 0 aromatic carbocycles. The van der Waals surface area contributed by atoms with E-state index in [1.165, 1.54) is 0 Å². The zero-order valence-electron chi connectivity index (χ0n) is 19.1. The van der Waals surface area contributed by atoms with Gasteiger partial charge in [0.25, 0.3) is 0 Å². The first-order chi connectivity index (χ1) is 16.1. The van der Waals surface area contributed by atoms with Crippen LogP contribution in [0.5, 0.6) is 0 Å². The number of carbonyl (C=O) groups excluding carboxylic acids is 2. The molecule has 0 spiro atoms. The summed E-state index contributed by atoms with van der Waals surface area (Å²) in [6.45, 7) is 0.138. The van der Waals surface area contributed by atoms with E-state index in [0.717, 1.165) is 6.42 Å². The maximum atomic E-state index is 12.5. The number of unbranched alkanes of at least 4 members (excludes halogenated alkanes) is 1. The summed E-state index contributed by atoms with van der Waals surface area (Å²) in [7, 11) is 0. The molecule has 15 heteroatoms. The average Bonchev–Trinajstić information content (AvgIpc) is 3.15. The van der Waals surface area contributed by atoms with E-state index in [4.69, 9.17) is 33.8 Å². The number of nitrogens with two attached hydrogens (primary N) is 5. The van der Waals surface area contributed by atoms with Crippen molar-refractivity contribution in [3.63, 3.8) is 0 Å². The molecule has 194 valence electrons. The molecule has 0 saturated carbocycles. The van der Waals surface area contributed by atoms with Crippen molar-refractivity contribution in [2.45, 2.75) is 68.9 Å². The third-order valence-corrected chi connectivity index (χ3v) is 5.01. The number of aliphatic hydroxyl groups excluding tert-OH is 3. The third kappa shape index (κ3) is 10.5. The number of rotatable bonds is 14. The van der Waals surface area contributed by atoms with Crippen LogP contribution in [0.3, 0.4) is 0 Å². The van der Waals surface area contributed by atoms with Crippen LogP contribution >= 0.6 is 0 Å². The Kier molecular flexibility index (Phi) is 13.2. The lowest BCUT2D eigenvalue weighted by Crippen LogP contribution is -2.47. The quantitative estimate of drug-likeness (QED) is 0.0635. The van der Waals surface area contributed by atoms with Gasteiger partial charge >= 0.3 is 0 Å². The van der Waals surface area contributed by atoms with Crippen LogP contribution in [-0.4, -0.2) is 94.9 Å². The summed E-state index contributed by atoms with van der Waals surface area (Å²) in [5, 5.41) is 33.8. The summed E-state index contributed by atoms with van der Waals surface area (Å²) in [6.07, 6.45) is -0.373. The number of amides is 2. The lowest BCUT2D eigenvalue weighted by molar-refractivity contribution is -0.121. The van der Waals surface area contributed by atoms with Crippen molar-refractivity contribution in [1.82, 2.24) is 10.6 Å². The molecular formula is C19H38N10O5. The number of nitrogens with one attached hydrogen (secondary N) is 2. The molecule has 0 aliphatic carbocycles. The molecule has 0 aromatic heterocycles. The molecule has 34 heavy (non-hydrogen) atoms. The van der Waals surface area contributed by atoms with Gasteiger partial charge in [-0.15, -0.1) is 0 Å². The summed E-state index contributed by atoms with van der Waals surface area (Å²) in [4.78, 5) is 37.0. The Morgan fingerprint density at radius 2 is 1.62 bits per heavy atom. The van der Waals surface area contributed by atoms with E-state index in [0.29, 0.717) is 38.8 Å². The first-order valence-electron chi connectivity index (χ1n) is 11.1. The largest absolute Gasteiger partial charge is 0.394 e. The van der Waals surface area contributed by atoms with Gasteiger partial charge in [-0.2, -0.15) is 4.99 Å². The fraction of sp³-hybridized carbons (Fsp3) is 0.737. The second-order valence-electron chi connectivity index (χ2n) is 7.94. The molecule has 15 nitrogen and oxygen atoms in total. The van der Waals surface area contributed by atoms with Gasteiger partial charge in [0.2, 0.25) is 17.8 Å². The van der Waals surface area contributed by atoms with Crippen molar-refractivity contribution < 1.29 is 24.9 Å². The number of guanidine groups is 2. The summed E-state index contributed by atoms with van der Waals surface area (Å²) in [6, 6.07) is -2.60. The second-order valence-corrected chi connectivity index (χ2v) is 7.94. The first kappa shape index (κ1) is 29.3. The van der Waals surface area contributed by atoms with Crippen molar-refractivity contribution in [1.29, 1.82) is 0 Å². The molecule has 0 radical (unpaired) electrons. The van der Waals surface area contributed by atoms with Gasteiger partial charge in [0.1, 0.15) is 18.0 Å². The molecule has 3 unspecified atom stereocenters. The van der Waals surface area contributed by atoms with E-state index < -0.39 is 48.8 Å². The average molecular weight is 487 g/mol. The number of hydrogen-bond donors (Lipinski definition) is 10. The fourth-order valence-corrected chi connectivity index (χ4v) is 2.98. The Morgan fingerprint density at radius 3 is 2.21 bits per heavy atom. The fourth-order valence-electron chi connectivity index (χ4n) is 2.98. The monoisotopic (exact) mass is 486 g/mol. The number of carbonyl (C=O) groups is 2. The van der Waals surface area contributed by atoms with Gasteiger partial charge in [0.15, 0.2) is 5.96 Å². The minimum absolute atomic E-state index is 0.0418. The summed E-state index contributed by atoms with van der Waals surface area (Å²) < 4.78 is 0. The Balaban J connectivity index is 2.82. The SMILES string of the molecule is NCCCC[C@H](N)C(=O)NC1=NC(NC(=O)[C@@H](N)CCCN=C(N)N)=NC1CC(O)C(O)CO. The van der Waals surface area contributed by atoms with E-state index in [9.17, 15) is 19.8 Å². The molecule has 2 amide bonds. The highest BCUT2D eigenvalue weighted by atomic mass is 16.4. The number of hydrogen-bond acceptors (Lipinski definition) is 11. The van der Waals surface area contributed by atoms with Crippen LogP contribution < -0.4 is 39.3 Å². The number of nitrogens with zero attached hydrogens (tertiary/aromatic N) is 3. The van der Waals surface area contributed by atoms with Crippen molar-refractivity contribution in [3.05, 3.63) is 0 Å². The predicted molar refractivity (Wildman–Crippen MR) is 127 cm³/mol. The maximum Gasteiger partial charge on any atom is 0.243 e. The van der Waals surface area contributed by atoms with E-state index in [1.54, 1.807) is 0 Å². The minimum atomic E-state index is -1.41. The molecular weight excluding hydrogens is 448 g/mol. The van der Waals surface area contributed by atoms with Crippen molar-refractivity contribution in [3.8, 4) is 0 Å². The Morgan fingerprint density at radius 1 is 1.00 bits per heavy atom. The summed E-state index contributed by atoms with van der Waals surface area (Å²) in [5.74, 6) is -1.21. The summed E-state index contributed by atoms with van der Waals surface area (Å²) in [5.41, 5.74) is 27.7. The zero-order valence-corrected chi connectivity index (χ0v) is 19.1. The molecule has 1 aliphatic rings. The smallest absolute Gasteiger partial charge is 0.243 e. The molecule has 1 heterocycles. The van der Waals surface area contributed by atoms with Crippen molar-refractivity contribution in [2.24, 2.45) is 43.6 Å². The molecule has 0 bridgehead atoms. The topological polar surface area (TPSA) is 286 Å². The van der Waals surface area contributed by atoms with Crippen LogP contribution in [0.15, 0.2) is 15.0 Å². The van der Waals surface area contributed by atoms with E-state index in [-0.39, 0.29) is 24.2 Å². The van der Waals surface area contributed by atoms with Crippen LogP contribution in [0, 0.1) is 0 Å². The minimum Gasteiger partial charge on any atom is -0.394 e. The highest BCUT2D eigenvalue weighted by Crippen LogP contribution is 2.13. The standard InChI is InChI=1S/C19H38N10O5/c20-6-2-1-4-10(21)16(33)27-15-12(8-13(31)14(32)9-30)26-19(28-15)29-17(34)11(22)5-3-7-25-18(23)24/h10-14,30-32H,1-9,20-22H2,(H4,23,24,25)(H2,26,27,28,29,33,34)/t10-,11-,12?,13?,14?/m0/s1. The van der Waals surface area contributed by atoms with Crippen LogP contribution in [0.1, 0.15) is 38.5 Å². The van der Waals surface area contributed by atoms with Crippen molar-refractivity contribution in [2.75, 3.05) is 19.7 Å². The van der Waals surface area contributed by atoms with Gasteiger partial charge in [-0.05, 0) is 32.2 Å². The Labute approximate surface area is 197 Å². The zero-order chi connectivity index (χ0) is 25.7. The van der Waals surface area contributed by atoms with Gasteiger partial charge in [0, 0.05) is 13.0 Å². The van der Waals surface area contributed by atoms with E-state index in [1.807, 2.05) is 0 Å². The number of aliphatic hydroxyl groups is 3. The second kappa shape index (κ2) is 15.3. The highest BCUT2D eigenvalue weighted by molar-refractivity contribution is 6.13. The Hall–Kier alpha value is -2.69. The van der Waals surface area contributed by atoms with Crippen LogP contribution in [-0.2, 0) is 9.59 Å². The van der Waals surface area contributed by atoms with Crippen LogP contribution in [0.2, 0.25) is 0 Å². The third-order valence-electron chi connectivity index (χ3n) is 5.01. The van der Waals surface area contributed by atoms with Gasteiger partial charge < -0.3 is 49.3 Å². The first-order valence-corrected chi connectivity index (χ1v) is 11.1. The lowest BCUT2D eigenvalue weighted by atomic mass is 10.0. The molecule has 5 atom stereocenters. The molecule has 1 aliphatic heterocycles. The predicted octanol–water partition coefficient (Wildman–Crippen LogP) is -4.70. The molecule has 15 N–H and O–H groups in total. The molecule has 0 fully saturated rings. The van der Waals surface area contributed by atoms with Gasteiger partial charge in [0.05, 0.1) is 24.8 Å². The van der Waals surface area contributed by atoms with E-state index >= 15 is 0 Å². The Bertz CT molecular complexity index is 756. The molecule has 1 rings (SSSR count). The van der Waals surface area contributed by atoms with Crippen LogP contribution in [0.4, 0.5) is 0 Å². The summed E-state index contributed by atoms with van der Waals surface area (Å²) >= 11 is 0. The lowest BCUT2D eigenvalue weighted by Gasteiger charge is -2.20. The maximum absolute atomic E-state index is 12.5. The van der Waals surface area contributed by atoms with Crippen LogP contribution in [0.25, 0.3) is 0 Å². The normalized spacial score (nSPS) is 18.8. The molecule has 0 saturated heterocycles. The van der Waals surface area contributed by atoms with E-state index in [2.05, 4.69) is 25.6 Å².